The Bertz CT molecular complexity index is 1220. The highest BCUT2D eigenvalue weighted by atomic mass is 19.1. The lowest BCUT2D eigenvalue weighted by Crippen LogP contribution is -2.55. The lowest BCUT2D eigenvalue weighted by Gasteiger charge is -2.36. The third-order valence-corrected chi connectivity index (χ3v) is 5.69. The molecule has 3 heterocycles. The summed E-state index contributed by atoms with van der Waals surface area (Å²) in [5, 5.41) is 0. The van der Waals surface area contributed by atoms with Crippen molar-refractivity contribution in [3.63, 3.8) is 0 Å². The van der Waals surface area contributed by atoms with Gasteiger partial charge in [0, 0.05) is 6.92 Å². The largest absolute Gasteiger partial charge is 0.459 e. The molecule has 4 atom stereocenters. The third kappa shape index (κ3) is 3.44. The van der Waals surface area contributed by atoms with Crippen LogP contribution >= 0.6 is 0 Å². The van der Waals surface area contributed by atoms with Crippen LogP contribution in [-0.2, 0) is 19.0 Å². The predicted molar refractivity (Wildman–Crippen MR) is 108 cm³/mol. The first-order valence-electron chi connectivity index (χ1n) is 9.81. The standard InChI is InChI=1S/C21H21FN4O6/c1-12(27)32-21(3)14(9-30-18(29)13-7-5-4-6-8-13)31-19(20(21,2)22)26-11-25-15-16(26)23-10-24-17(15)28/h4-8,10-11,14,19H,9H2,1-3H3,(H,23,24,28)/t14-,19?,20+,21?/m1/s1. The molecule has 2 aromatic heterocycles. The van der Waals surface area contributed by atoms with Crippen LogP contribution in [0.25, 0.3) is 11.2 Å². The molecule has 0 saturated carbocycles. The highest BCUT2D eigenvalue weighted by Gasteiger charge is 2.66. The SMILES string of the molecule is CC(=O)OC1(C)[C@@H](COC(=O)c2ccccc2)OC(n2cnc3c(=O)[nH]cnc32)[C@]1(C)F. The Balaban J connectivity index is 1.68. The van der Waals surface area contributed by atoms with Crippen LogP contribution in [0, 0.1) is 0 Å². The number of aromatic nitrogens is 4. The zero-order chi connectivity index (χ0) is 23.1. The van der Waals surface area contributed by atoms with E-state index in [0.717, 1.165) is 13.3 Å². The molecule has 0 aliphatic carbocycles. The number of fused-ring (bicyclic) bond motifs is 1. The van der Waals surface area contributed by atoms with Gasteiger partial charge in [0.1, 0.15) is 12.7 Å². The van der Waals surface area contributed by atoms with E-state index in [2.05, 4.69) is 15.0 Å². The quantitative estimate of drug-likeness (QED) is 0.592. The summed E-state index contributed by atoms with van der Waals surface area (Å²) in [6.45, 7) is 3.34. The number of esters is 2. The molecule has 168 valence electrons. The van der Waals surface area contributed by atoms with Crippen LogP contribution in [0.5, 0.6) is 0 Å². The average molecular weight is 444 g/mol. The Kier molecular flexibility index (Phi) is 5.29. The molecule has 1 aliphatic heterocycles. The number of hydrogen-bond acceptors (Lipinski definition) is 8. The second kappa shape index (κ2) is 7.83. The van der Waals surface area contributed by atoms with Gasteiger partial charge in [0.15, 0.2) is 28.7 Å². The minimum atomic E-state index is -2.31. The van der Waals surface area contributed by atoms with Gasteiger partial charge in [-0.2, -0.15) is 0 Å². The number of halogens is 1. The molecule has 32 heavy (non-hydrogen) atoms. The van der Waals surface area contributed by atoms with Gasteiger partial charge >= 0.3 is 11.9 Å². The van der Waals surface area contributed by atoms with Gasteiger partial charge in [-0.15, -0.1) is 0 Å². The first kappa shape index (κ1) is 21.6. The van der Waals surface area contributed by atoms with Crippen LogP contribution in [0.3, 0.4) is 0 Å². The van der Waals surface area contributed by atoms with E-state index in [-0.39, 0.29) is 17.8 Å². The summed E-state index contributed by atoms with van der Waals surface area (Å²) in [7, 11) is 0. The number of aromatic amines is 1. The molecule has 10 nitrogen and oxygen atoms in total. The fraction of sp³-hybridized carbons (Fsp3) is 0.381. The lowest BCUT2D eigenvalue weighted by molar-refractivity contribution is -0.175. The van der Waals surface area contributed by atoms with Crippen molar-refractivity contribution < 1.29 is 28.2 Å². The highest BCUT2D eigenvalue weighted by molar-refractivity contribution is 5.89. The molecular weight excluding hydrogens is 423 g/mol. The first-order valence-corrected chi connectivity index (χ1v) is 9.81. The Morgan fingerprint density at radius 1 is 1.25 bits per heavy atom. The number of H-pyrrole nitrogens is 1. The molecule has 1 fully saturated rings. The summed E-state index contributed by atoms with van der Waals surface area (Å²) in [6, 6.07) is 8.26. The van der Waals surface area contributed by atoms with Gasteiger partial charge in [-0.05, 0) is 26.0 Å². The summed E-state index contributed by atoms with van der Waals surface area (Å²) in [6.07, 6.45) is -0.134. The molecule has 1 aromatic carbocycles. The Morgan fingerprint density at radius 3 is 2.66 bits per heavy atom. The minimum Gasteiger partial charge on any atom is -0.459 e. The Labute approximate surface area is 181 Å². The topological polar surface area (TPSA) is 125 Å². The lowest BCUT2D eigenvalue weighted by atomic mass is 9.84. The average Bonchev–Trinajstić information content (AvgIpc) is 3.25. The highest BCUT2D eigenvalue weighted by Crippen LogP contribution is 2.50. The number of imidazole rings is 1. The van der Waals surface area contributed by atoms with Crippen LogP contribution < -0.4 is 5.56 Å². The molecule has 0 radical (unpaired) electrons. The van der Waals surface area contributed by atoms with Crippen LogP contribution in [0.15, 0.2) is 47.8 Å². The van der Waals surface area contributed by atoms with Gasteiger partial charge in [-0.3, -0.25) is 14.2 Å². The second-order valence-corrected chi connectivity index (χ2v) is 7.77. The number of ether oxygens (including phenoxy) is 3. The number of benzene rings is 1. The minimum absolute atomic E-state index is 0.0000414. The molecule has 0 spiro atoms. The third-order valence-electron chi connectivity index (χ3n) is 5.69. The van der Waals surface area contributed by atoms with Crippen LogP contribution in [0.1, 0.15) is 37.4 Å². The number of hydrogen-bond donors (Lipinski definition) is 1. The maximum atomic E-state index is 16.3. The number of carbonyl (C=O) groups excluding carboxylic acids is 2. The number of alkyl halides is 1. The predicted octanol–water partition coefficient (Wildman–Crippen LogP) is 1.92. The number of carbonyl (C=O) groups is 2. The van der Waals surface area contributed by atoms with E-state index in [1.807, 2.05) is 0 Å². The van der Waals surface area contributed by atoms with Crippen molar-refractivity contribution in [1.82, 2.24) is 19.5 Å². The number of nitrogens with zero attached hydrogens (tertiary/aromatic N) is 3. The molecule has 1 saturated heterocycles. The van der Waals surface area contributed by atoms with Crippen LogP contribution in [0.2, 0.25) is 0 Å². The summed E-state index contributed by atoms with van der Waals surface area (Å²) < 4.78 is 34.2. The van der Waals surface area contributed by atoms with Gasteiger partial charge in [0.05, 0.1) is 18.2 Å². The molecule has 11 heteroatoms. The van der Waals surface area contributed by atoms with Crippen molar-refractivity contribution in [2.45, 2.75) is 44.4 Å². The van der Waals surface area contributed by atoms with E-state index in [1.165, 1.54) is 24.7 Å². The Hall–Kier alpha value is -3.60. The fourth-order valence-corrected chi connectivity index (χ4v) is 3.81. The number of nitrogens with one attached hydrogen (secondary N) is 1. The molecular formula is C21H21FN4O6. The smallest absolute Gasteiger partial charge is 0.338 e. The summed E-state index contributed by atoms with van der Waals surface area (Å²) in [5.41, 5.74) is -4.22. The summed E-state index contributed by atoms with van der Waals surface area (Å²) in [4.78, 5) is 46.6. The summed E-state index contributed by atoms with van der Waals surface area (Å²) >= 11 is 0. The normalized spacial score (nSPS) is 27.4. The van der Waals surface area contributed by atoms with E-state index >= 15 is 4.39 Å². The van der Waals surface area contributed by atoms with Gasteiger partial charge < -0.3 is 19.2 Å². The molecule has 1 aliphatic rings. The molecule has 4 rings (SSSR count). The number of rotatable bonds is 5. The first-order chi connectivity index (χ1) is 15.1. The maximum absolute atomic E-state index is 16.3. The van der Waals surface area contributed by atoms with Gasteiger partial charge in [0.2, 0.25) is 0 Å². The van der Waals surface area contributed by atoms with Crippen LogP contribution in [0.4, 0.5) is 4.39 Å². The molecule has 0 amide bonds. The molecule has 2 unspecified atom stereocenters. The molecule has 0 bridgehead atoms. The molecule has 1 N–H and O–H groups in total. The van der Waals surface area contributed by atoms with E-state index in [0.29, 0.717) is 5.56 Å². The van der Waals surface area contributed by atoms with Gasteiger partial charge in [-0.25, -0.2) is 19.2 Å². The van der Waals surface area contributed by atoms with Crippen LogP contribution in [-0.4, -0.2) is 55.4 Å². The maximum Gasteiger partial charge on any atom is 0.338 e. The van der Waals surface area contributed by atoms with E-state index in [4.69, 9.17) is 14.2 Å². The van der Waals surface area contributed by atoms with Crippen molar-refractivity contribution in [3.05, 3.63) is 58.9 Å². The second-order valence-electron chi connectivity index (χ2n) is 7.77. The molecule has 3 aromatic rings. The fourth-order valence-electron chi connectivity index (χ4n) is 3.81. The van der Waals surface area contributed by atoms with E-state index in [9.17, 15) is 14.4 Å². The van der Waals surface area contributed by atoms with E-state index < -0.39 is 41.1 Å². The van der Waals surface area contributed by atoms with Crippen molar-refractivity contribution in [2.24, 2.45) is 0 Å². The van der Waals surface area contributed by atoms with Crippen molar-refractivity contribution in [1.29, 1.82) is 0 Å². The van der Waals surface area contributed by atoms with Gasteiger partial charge in [-0.1, -0.05) is 18.2 Å². The monoisotopic (exact) mass is 444 g/mol. The van der Waals surface area contributed by atoms with Crippen molar-refractivity contribution in [3.8, 4) is 0 Å². The van der Waals surface area contributed by atoms with Gasteiger partial charge in [0.25, 0.3) is 5.56 Å². The zero-order valence-corrected chi connectivity index (χ0v) is 17.6. The summed E-state index contributed by atoms with van der Waals surface area (Å²) in [5.74, 6) is -1.37. The van der Waals surface area contributed by atoms with Crippen molar-refractivity contribution >= 4 is 23.1 Å². The van der Waals surface area contributed by atoms with E-state index in [1.54, 1.807) is 30.3 Å². The van der Waals surface area contributed by atoms with Crippen molar-refractivity contribution in [2.75, 3.05) is 6.61 Å². The Morgan fingerprint density at radius 2 is 1.97 bits per heavy atom. The zero-order valence-electron chi connectivity index (χ0n) is 17.6.